The number of carbonyl (C=O) groups excluding carboxylic acids is 1. The Morgan fingerprint density at radius 3 is 2.56 bits per heavy atom. The Bertz CT molecular complexity index is 707. The third-order valence-electron chi connectivity index (χ3n) is 4.82. The van der Waals surface area contributed by atoms with E-state index in [-0.39, 0.29) is 28.4 Å². The smallest absolute Gasteiger partial charge is 0.252 e. The first kappa shape index (κ1) is 20.9. The van der Waals surface area contributed by atoms with Gasteiger partial charge in [0.2, 0.25) is 5.91 Å². The van der Waals surface area contributed by atoms with Gasteiger partial charge in [0.1, 0.15) is 4.21 Å². The second-order valence-electron chi connectivity index (χ2n) is 6.35. The van der Waals surface area contributed by atoms with Crippen molar-refractivity contribution in [1.29, 1.82) is 0 Å². The van der Waals surface area contributed by atoms with Gasteiger partial charge in [-0.05, 0) is 37.6 Å². The highest BCUT2D eigenvalue weighted by Gasteiger charge is 2.34. The van der Waals surface area contributed by atoms with E-state index in [0.717, 1.165) is 24.4 Å². The molecule has 2 saturated heterocycles. The minimum absolute atomic E-state index is 0. The molecule has 1 aromatic rings. The van der Waals surface area contributed by atoms with E-state index in [0.29, 0.717) is 42.9 Å². The first-order valence-corrected chi connectivity index (χ1v) is 10.8. The average molecular weight is 428 g/mol. The number of halogens is 2. The standard InChI is InChI=1S/C15H22ClN3O3S2.ClH/c1-11(12-9-17-10-12)15(20)18-5-2-6-19(8-7-18)24(21,22)14-4-3-13(16)23-14;/h3-4,11-12,17H,2,5-10H2,1H3;1H. The van der Waals surface area contributed by atoms with Crippen LogP contribution < -0.4 is 5.32 Å². The van der Waals surface area contributed by atoms with Crippen molar-refractivity contribution < 1.29 is 13.2 Å². The highest BCUT2D eigenvalue weighted by atomic mass is 35.5. The molecule has 25 heavy (non-hydrogen) atoms. The van der Waals surface area contributed by atoms with Crippen LogP contribution in [-0.2, 0) is 14.8 Å². The maximum absolute atomic E-state index is 12.7. The molecule has 0 spiro atoms. The van der Waals surface area contributed by atoms with E-state index in [1.807, 2.05) is 11.8 Å². The first-order chi connectivity index (χ1) is 11.4. The molecule has 0 aliphatic carbocycles. The number of hydrogen-bond acceptors (Lipinski definition) is 5. The van der Waals surface area contributed by atoms with Gasteiger partial charge in [-0.15, -0.1) is 23.7 Å². The molecule has 3 rings (SSSR count). The monoisotopic (exact) mass is 427 g/mol. The van der Waals surface area contributed by atoms with Gasteiger partial charge in [-0.3, -0.25) is 4.79 Å². The number of sulfonamides is 1. The van der Waals surface area contributed by atoms with Crippen molar-refractivity contribution in [3.05, 3.63) is 16.5 Å². The van der Waals surface area contributed by atoms with Crippen molar-refractivity contribution in [2.24, 2.45) is 11.8 Å². The van der Waals surface area contributed by atoms with Crippen molar-refractivity contribution in [3.63, 3.8) is 0 Å². The number of hydrogen-bond donors (Lipinski definition) is 1. The summed E-state index contributed by atoms with van der Waals surface area (Å²) in [6.07, 6.45) is 0.652. The van der Waals surface area contributed by atoms with E-state index in [1.165, 1.54) is 4.31 Å². The van der Waals surface area contributed by atoms with Crippen LogP contribution in [0.2, 0.25) is 4.34 Å². The Morgan fingerprint density at radius 2 is 2.00 bits per heavy atom. The van der Waals surface area contributed by atoms with Crippen LogP contribution in [0.25, 0.3) is 0 Å². The number of nitrogens with zero attached hydrogens (tertiary/aromatic N) is 2. The molecule has 0 radical (unpaired) electrons. The Labute approximate surface area is 164 Å². The predicted octanol–water partition coefficient (Wildman–Crippen LogP) is 1.90. The Balaban J connectivity index is 0.00000225. The summed E-state index contributed by atoms with van der Waals surface area (Å²) in [5, 5.41) is 3.19. The van der Waals surface area contributed by atoms with Gasteiger partial charge in [-0.1, -0.05) is 18.5 Å². The molecule has 2 aliphatic rings. The summed E-state index contributed by atoms with van der Waals surface area (Å²) in [5.74, 6) is 0.527. The van der Waals surface area contributed by atoms with Gasteiger partial charge in [0.25, 0.3) is 10.0 Å². The first-order valence-electron chi connectivity index (χ1n) is 8.14. The fourth-order valence-electron chi connectivity index (χ4n) is 3.07. The third-order valence-corrected chi connectivity index (χ3v) is 8.42. The normalized spacial score (nSPS) is 21.1. The van der Waals surface area contributed by atoms with E-state index in [1.54, 1.807) is 12.1 Å². The van der Waals surface area contributed by atoms with Crippen LogP contribution in [0.3, 0.4) is 0 Å². The zero-order valence-corrected chi connectivity index (χ0v) is 17.2. The summed E-state index contributed by atoms with van der Waals surface area (Å²) in [6, 6.07) is 3.14. The highest BCUT2D eigenvalue weighted by molar-refractivity contribution is 7.91. The van der Waals surface area contributed by atoms with Crippen LogP contribution in [0.15, 0.2) is 16.3 Å². The van der Waals surface area contributed by atoms with Gasteiger partial charge in [-0.2, -0.15) is 4.31 Å². The molecule has 6 nitrogen and oxygen atoms in total. The molecule has 3 heterocycles. The summed E-state index contributed by atoms with van der Waals surface area (Å²) >= 11 is 6.93. The Kier molecular flexibility index (Phi) is 7.15. The molecule has 2 fully saturated rings. The summed E-state index contributed by atoms with van der Waals surface area (Å²) in [7, 11) is -3.52. The van der Waals surface area contributed by atoms with E-state index in [4.69, 9.17) is 11.6 Å². The maximum Gasteiger partial charge on any atom is 0.252 e. The minimum Gasteiger partial charge on any atom is -0.341 e. The number of rotatable bonds is 4. The molecule has 1 N–H and O–H groups in total. The maximum atomic E-state index is 12.7. The van der Waals surface area contributed by atoms with Crippen LogP contribution >= 0.6 is 35.3 Å². The molecule has 142 valence electrons. The van der Waals surface area contributed by atoms with Gasteiger partial charge in [-0.25, -0.2) is 8.42 Å². The van der Waals surface area contributed by atoms with Gasteiger partial charge in [0, 0.05) is 32.1 Å². The molecular weight excluding hydrogens is 405 g/mol. The fraction of sp³-hybridized carbons (Fsp3) is 0.667. The number of carbonyl (C=O) groups is 1. The molecule has 0 saturated carbocycles. The lowest BCUT2D eigenvalue weighted by atomic mass is 9.88. The van der Waals surface area contributed by atoms with Crippen molar-refractivity contribution in [2.45, 2.75) is 17.6 Å². The Morgan fingerprint density at radius 1 is 1.28 bits per heavy atom. The van der Waals surface area contributed by atoms with E-state index in [9.17, 15) is 13.2 Å². The summed E-state index contributed by atoms with van der Waals surface area (Å²) in [5.41, 5.74) is 0. The molecular formula is C15H23Cl2N3O3S2. The molecule has 1 amide bonds. The SMILES string of the molecule is CC(C(=O)N1CCCN(S(=O)(=O)c2ccc(Cl)s2)CC1)C1CNC1.Cl. The second-order valence-corrected chi connectivity index (χ2v) is 10.2. The largest absolute Gasteiger partial charge is 0.341 e. The van der Waals surface area contributed by atoms with Crippen LogP contribution in [0, 0.1) is 11.8 Å². The van der Waals surface area contributed by atoms with Gasteiger partial charge >= 0.3 is 0 Å². The lowest BCUT2D eigenvalue weighted by molar-refractivity contribution is -0.137. The van der Waals surface area contributed by atoms with Crippen molar-refractivity contribution in [2.75, 3.05) is 39.3 Å². The van der Waals surface area contributed by atoms with E-state index < -0.39 is 10.0 Å². The molecule has 2 aliphatic heterocycles. The summed E-state index contributed by atoms with van der Waals surface area (Å²) < 4.78 is 27.6. The third kappa shape index (κ3) is 4.48. The fourth-order valence-corrected chi connectivity index (χ4v) is 6.18. The van der Waals surface area contributed by atoms with Crippen LogP contribution in [0.5, 0.6) is 0 Å². The van der Waals surface area contributed by atoms with Crippen LogP contribution in [-0.4, -0.2) is 62.8 Å². The number of nitrogens with one attached hydrogen (secondary N) is 1. The average Bonchev–Trinajstić information content (AvgIpc) is 2.79. The highest BCUT2D eigenvalue weighted by Crippen LogP contribution is 2.29. The Hall–Kier alpha value is -0.380. The van der Waals surface area contributed by atoms with E-state index in [2.05, 4.69) is 5.32 Å². The quantitative estimate of drug-likeness (QED) is 0.796. The number of thiophene rings is 1. The van der Waals surface area contributed by atoms with Gasteiger partial charge in [0.05, 0.1) is 4.34 Å². The van der Waals surface area contributed by atoms with Crippen molar-refractivity contribution in [1.82, 2.24) is 14.5 Å². The number of amides is 1. The summed E-state index contributed by atoms with van der Waals surface area (Å²) in [4.78, 5) is 14.4. The van der Waals surface area contributed by atoms with Gasteiger partial charge < -0.3 is 10.2 Å². The van der Waals surface area contributed by atoms with Gasteiger partial charge in [0.15, 0.2) is 0 Å². The van der Waals surface area contributed by atoms with Crippen molar-refractivity contribution >= 4 is 51.3 Å². The lowest BCUT2D eigenvalue weighted by Gasteiger charge is -2.34. The molecule has 1 unspecified atom stereocenters. The van der Waals surface area contributed by atoms with Crippen LogP contribution in [0.4, 0.5) is 0 Å². The van der Waals surface area contributed by atoms with E-state index >= 15 is 0 Å². The topological polar surface area (TPSA) is 69.7 Å². The van der Waals surface area contributed by atoms with Crippen LogP contribution in [0.1, 0.15) is 13.3 Å². The predicted molar refractivity (Wildman–Crippen MR) is 102 cm³/mol. The lowest BCUT2D eigenvalue weighted by Crippen LogP contribution is -2.51. The second kappa shape index (κ2) is 8.54. The molecule has 1 aromatic heterocycles. The molecule has 10 heteroatoms. The molecule has 0 bridgehead atoms. The molecule has 0 aromatic carbocycles. The zero-order chi connectivity index (χ0) is 17.3. The molecule has 1 atom stereocenters. The zero-order valence-electron chi connectivity index (χ0n) is 14.0. The minimum atomic E-state index is -3.52. The van der Waals surface area contributed by atoms with Crippen molar-refractivity contribution in [3.8, 4) is 0 Å². The summed E-state index contributed by atoms with van der Waals surface area (Å²) in [6.45, 7) is 5.57.